The normalized spacial score (nSPS) is 49.6. The molecule has 5 aliphatic carbocycles. The van der Waals surface area contributed by atoms with Crippen molar-refractivity contribution in [2.45, 2.75) is 97.9 Å². The third-order valence-corrected chi connectivity index (χ3v) is 11.7. The van der Waals surface area contributed by atoms with Gasteiger partial charge in [0, 0.05) is 17.8 Å². The highest BCUT2D eigenvalue weighted by atomic mass is 16.5. The number of hydrogen-bond donors (Lipinski definition) is 3. The van der Waals surface area contributed by atoms with E-state index in [2.05, 4.69) is 40.7 Å². The Morgan fingerprint density at radius 2 is 1.62 bits per heavy atom. The first-order chi connectivity index (χ1) is 15.6. The number of fused-ring (bicyclic) bond motifs is 7. The van der Waals surface area contributed by atoms with Gasteiger partial charge in [-0.1, -0.05) is 52.3 Å². The van der Waals surface area contributed by atoms with Gasteiger partial charge < -0.3 is 15.3 Å². The molecule has 0 bridgehead atoms. The molecule has 5 rings (SSSR count). The topological polar surface area (TPSA) is 94.8 Å². The van der Waals surface area contributed by atoms with E-state index in [-0.39, 0.29) is 22.2 Å². The summed E-state index contributed by atoms with van der Waals surface area (Å²) in [6, 6.07) is 0. The molecule has 0 amide bonds. The first-order valence-electron chi connectivity index (χ1n) is 13.0. The second-order valence-corrected chi connectivity index (χ2v) is 13.0. The van der Waals surface area contributed by atoms with Crippen molar-refractivity contribution >= 4 is 11.6 Å². The summed E-state index contributed by atoms with van der Waals surface area (Å²) in [4.78, 5) is 25.6. The van der Waals surface area contributed by atoms with Crippen LogP contribution >= 0.6 is 0 Å². The molecule has 0 radical (unpaired) electrons. The third-order valence-electron chi connectivity index (χ3n) is 11.7. The van der Waals surface area contributed by atoms with E-state index in [0.717, 1.165) is 44.1 Å². The fraction of sp³-hybridized carbons (Fsp3) is 0.724. The molecule has 3 saturated carbocycles. The van der Waals surface area contributed by atoms with Crippen molar-refractivity contribution in [1.29, 1.82) is 0 Å². The highest BCUT2D eigenvalue weighted by Gasteiger charge is 2.68. The smallest absolute Gasteiger partial charge is 0.262 e. The van der Waals surface area contributed by atoms with E-state index in [1.165, 1.54) is 18.6 Å². The minimum Gasteiger partial charge on any atom is -0.379 e. The maximum Gasteiger partial charge on any atom is 0.262 e. The summed E-state index contributed by atoms with van der Waals surface area (Å²) in [7, 11) is 0. The number of ketones is 2. The van der Waals surface area contributed by atoms with E-state index >= 15 is 0 Å². The lowest BCUT2D eigenvalue weighted by atomic mass is 9.34. The summed E-state index contributed by atoms with van der Waals surface area (Å²) in [5.41, 5.74) is -0.141. The van der Waals surface area contributed by atoms with Crippen LogP contribution in [-0.2, 0) is 9.59 Å². The van der Waals surface area contributed by atoms with Gasteiger partial charge in [0.2, 0.25) is 5.78 Å². The molecule has 186 valence electrons. The Bertz CT molecular complexity index is 1080. The lowest BCUT2D eigenvalue weighted by Gasteiger charge is -2.69. The molecule has 5 aliphatic rings. The molecule has 0 unspecified atom stereocenters. The van der Waals surface area contributed by atoms with Crippen LogP contribution in [0.5, 0.6) is 0 Å². The second kappa shape index (κ2) is 6.80. The fourth-order valence-corrected chi connectivity index (χ4v) is 8.96. The Balaban J connectivity index is 1.67. The van der Waals surface area contributed by atoms with E-state index in [1.54, 1.807) is 0 Å². The van der Waals surface area contributed by atoms with Crippen LogP contribution < -0.4 is 0 Å². The summed E-state index contributed by atoms with van der Waals surface area (Å²) < 4.78 is 0. The number of hydrogen-bond acceptors (Lipinski definition) is 5. The van der Waals surface area contributed by atoms with Crippen LogP contribution in [0.4, 0.5) is 0 Å². The zero-order valence-corrected chi connectivity index (χ0v) is 21.5. The highest BCUT2D eigenvalue weighted by molar-refractivity contribution is 6.01. The molecule has 7 atom stereocenters. The maximum atomic E-state index is 12.8. The van der Waals surface area contributed by atoms with Crippen LogP contribution in [0.1, 0.15) is 86.5 Å². The summed E-state index contributed by atoms with van der Waals surface area (Å²) in [6.45, 7) is 12.6. The molecule has 3 N–H and O–H groups in total. The van der Waals surface area contributed by atoms with Gasteiger partial charge in [0.1, 0.15) is 11.4 Å². The standard InChI is InChI=1S/C29H40O5/c1-7-28-13-12-25(4)21-9-8-18-19(15-23(31)29(33,34)27(18,6)32)24(21,3)10-11-26(25,5)22(28)14-17(2)20(30)16-28/h8-9,15,17,22,32-34H,7,10-14,16H2,1-6H3/t17-,22+,24+,25-,26+,27+,28+/m1/s1. The van der Waals surface area contributed by atoms with Gasteiger partial charge >= 0.3 is 0 Å². The van der Waals surface area contributed by atoms with Gasteiger partial charge in [0.15, 0.2) is 0 Å². The van der Waals surface area contributed by atoms with Crippen molar-refractivity contribution in [2.75, 3.05) is 0 Å². The quantitative estimate of drug-likeness (QED) is 0.496. The lowest BCUT2D eigenvalue weighted by Crippen LogP contribution is -2.64. The monoisotopic (exact) mass is 468 g/mol. The van der Waals surface area contributed by atoms with Crippen LogP contribution in [0, 0.1) is 33.5 Å². The first kappa shape index (κ1) is 24.1. The van der Waals surface area contributed by atoms with Crippen molar-refractivity contribution in [3.63, 3.8) is 0 Å². The van der Waals surface area contributed by atoms with Crippen molar-refractivity contribution < 1.29 is 24.9 Å². The predicted octanol–water partition coefficient (Wildman–Crippen LogP) is 4.41. The van der Waals surface area contributed by atoms with Crippen LogP contribution in [0.25, 0.3) is 0 Å². The SMILES string of the molecule is CC[C@@]12CC[C@]3(C)C4=CC=C5C(=CC(=O)C(O)(O)[C@@]5(C)O)[C@]4(C)CC[C@@]3(C)[C@@H]1C[C@@H](C)C(=O)C2. The van der Waals surface area contributed by atoms with Gasteiger partial charge in [-0.2, -0.15) is 0 Å². The van der Waals surface area contributed by atoms with Gasteiger partial charge in [0.25, 0.3) is 5.79 Å². The van der Waals surface area contributed by atoms with Gasteiger partial charge in [-0.25, -0.2) is 0 Å². The molecule has 0 heterocycles. The van der Waals surface area contributed by atoms with E-state index in [4.69, 9.17) is 0 Å². The molecule has 5 nitrogen and oxygen atoms in total. The van der Waals surface area contributed by atoms with Crippen LogP contribution in [0.15, 0.2) is 34.9 Å². The van der Waals surface area contributed by atoms with Gasteiger partial charge in [-0.15, -0.1) is 0 Å². The minimum atomic E-state index is -2.84. The predicted molar refractivity (Wildman–Crippen MR) is 129 cm³/mol. The Labute approximate surface area is 203 Å². The van der Waals surface area contributed by atoms with Gasteiger partial charge in [-0.05, 0) is 84.8 Å². The number of aliphatic hydroxyl groups is 3. The van der Waals surface area contributed by atoms with Crippen LogP contribution in [0.2, 0.25) is 0 Å². The van der Waals surface area contributed by atoms with Crippen LogP contribution in [0.3, 0.4) is 0 Å². The molecule has 0 aromatic rings. The van der Waals surface area contributed by atoms with E-state index in [0.29, 0.717) is 23.7 Å². The number of carbonyl (C=O) groups is 2. The summed E-state index contributed by atoms with van der Waals surface area (Å²) in [5.74, 6) is -2.73. The zero-order chi connectivity index (χ0) is 25.1. The van der Waals surface area contributed by atoms with E-state index in [1.807, 2.05) is 6.08 Å². The summed E-state index contributed by atoms with van der Waals surface area (Å²) in [6.07, 6.45) is 11.7. The molecule has 5 heteroatoms. The Hall–Kier alpha value is -1.56. The number of carbonyl (C=O) groups excluding carboxylic acids is 2. The zero-order valence-electron chi connectivity index (χ0n) is 21.5. The molecular formula is C29H40O5. The maximum absolute atomic E-state index is 12.8. The van der Waals surface area contributed by atoms with Crippen molar-refractivity contribution in [3.8, 4) is 0 Å². The van der Waals surface area contributed by atoms with Gasteiger partial charge in [-0.3, -0.25) is 9.59 Å². The second-order valence-electron chi connectivity index (χ2n) is 13.0. The molecule has 0 aromatic heterocycles. The molecule has 3 fully saturated rings. The van der Waals surface area contributed by atoms with E-state index < -0.39 is 22.6 Å². The van der Waals surface area contributed by atoms with Crippen molar-refractivity contribution in [1.82, 2.24) is 0 Å². The average Bonchev–Trinajstić information content (AvgIpc) is 2.76. The van der Waals surface area contributed by atoms with Crippen LogP contribution in [-0.4, -0.2) is 38.3 Å². The van der Waals surface area contributed by atoms with Gasteiger partial charge in [0.05, 0.1) is 0 Å². The molecule has 34 heavy (non-hydrogen) atoms. The molecule has 0 spiro atoms. The number of allylic oxidation sites excluding steroid dienone is 3. The van der Waals surface area contributed by atoms with Crippen molar-refractivity contribution in [2.24, 2.45) is 33.5 Å². The minimum absolute atomic E-state index is 0.0202. The van der Waals surface area contributed by atoms with E-state index in [9.17, 15) is 24.9 Å². The lowest BCUT2D eigenvalue weighted by molar-refractivity contribution is -0.240. The average molecular weight is 469 g/mol. The first-order valence-corrected chi connectivity index (χ1v) is 13.0. The highest BCUT2D eigenvalue weighted by Crippen LogP contribution is 2.75. The third kappa shape index (κ3) is 2.56. The Morgan fingerprint density at radius 1 is 0.941 bits per heavy atom. The molecular weight excluding hydrogens is 428 g/mol. The number of rotatable bonds is 1. The summed E-state index contributed by atoms with van der Waals surface area (Å²) >= 11 is 0. The fourth-order valence-electron chi connectivity index (χ4n) is 8.96. The molecule has 0 saturated heterocycles. The van der Waals surface area contributed by atoms with Crippen molar-refractivity contribution in [3.05, 3.63) is 34.9 Å². The Morgan fingerprint density at radius 3 is 2.26 bits per heavy atom. The molecule has 0 aromatic carbocycles. The largest absolute Gasteiger partial charge is 0.379 e. The summed E-state index contributed by atoms with van der Waals surface area (Å²) in [5, 5.41) is 31.9. The molecule has 0 aliphatic heterocycles. The Kier molecular flexibility index (Phi) is 4.83. The number of Topliss-reactive ketones (excluding diaryl/α,β-unsaturated/α-hetero) is 1.